The number of pyridine rings is 1. The topological polar surface area (TPSA) is 63.0 Å². The first-order valence-electron chi connectivity index (χ1n) is 7.19. The molecule has 0 bridgehead atoms. The third-order valence-electron chi connectivity index (χ3n) is 3.39. The number of ether oxygens (including phenoxy) is 1. The molecule has 1 unspecified atom stereocenters. The molecule has 4 nitrogen and oxygen atoms in total. The summed E-state index contributed by atoms with van der Waals surface area (Å²) in [6.07, 6.45) is 0. The van der Waals surface area contributed by atoms with Crippen LogP contribution in [0.1, 0.15) is 17.3 Å². The fourth-order valence-corrected chi connectivity index (χ4v) is 2.90. The van der Waals surface area contributed by atoms with Gasteiger partial charge in [-0.1, -0.05) is 24.3 Å². The van der Waals surface area contributed by atoms with Gasteiger partial charge in [-0.2, -0.15) is 5.26 Å². The molecule has 0 N–H and O–H groups in total. The zero-order chi connectivity index (χ0) is 16.2. The minimum atomic E-state index is -0.427. The van der Waals surface area contributed by atoms with Crippen LogP contribution in [0, 0.1) is 17.2 Å². The fraction of sp³-hybridized carbons (Fsp3) is 0.167. The maximum atomic E-state index is 12.4. The Labute approximate surface area is 138 Å². The van der Waals surface area contributed by atoms with E-state index in [2.05, 4.69) is 11.1 Å². The number of nitriles is 1. The Morgan fingerprint density at radius 2 is 2.17 bits per heavy atom. The highest BCUT2D eigenvalue weighted by molar-refractivity contribution is 7.13. The summed E-state index contributed by atoms with van der Waals surface area (Å²) >= 11 is 1.57. The molecule has 0 fully saturated rings. The lowest BCUT2D eigenvalue weighted by Crippen LogP contribution is -2.12. The summed E-state index contributed by atoms with van der Waals surface area (Å²) in [5, 5.41) is 11.5. The Morgan fingerprint density at radius 3 is 2.91 bits per heavy atom. The number of rotatable bonds is 4. The summed E-state index contributed by atoms with van der Waals surface area (Å²) in [6, 6.07) is 15.2. The molecular formula is C18H14N2O2S. The van der Waals surface area contributed by atoms with Crippen LogP contribution in [0.2, 0.25) is 0 Å². The molecule has 23 heavy (non-hydrogen) atoms. The summed E-state index contributed by atoms with van der Waals surface area (Å²) in [7, 11) is 0. The second kappa shape index (κ2) is 6.59. The smallest absolute Gasteiger partial charge is 0.338 e. The molecule has 0 aliphatic rings. The van der Waals surface area contributed by atoms with Gasteiger partial charge in [-0.15, -0.1) is 11.3 Å². The van der Waals surface area contributed by atoms with Gasteiger partial charge in [-0.25, -0.2) is 9.78 Å². The largest absolute Gasteiger partial charge is 0.461 e. The van der Waals surface area contributed by atoms with Crippen molar-refractivity contribution in [2.24, 2.45) is 5.92 Å². The number of carbonyl (C=O) groups is 1. The van der Waals surface area contributed by atoms with Gasteiger partial charge in [0.25, 0.3) is 0 Å². The van der Waals surface area contributed by atoms with E-state index in [1.54, 1.807) is 24.3 Å². The van der Waals surface area contributed by atoms with E-state index in [-0.39, 0.29) is 12.5 Å². The first-order valence-corrected chi connectivity index (χ1v) is 8.07. The van der Waals surface area contributed by atoms with Crippen molar-refractivity contribution in [2.75, 3.05) is 6.61 Å². The summed E-state index contributed by atoms with van der Waals surface area (Å²) < 4.78 is 5.28. The number of hydrogen-bond acceptors (Lipinski definition) is 5. The van der Waals surface area contributed by atoms with Crippen molar-refractivity contribution in [1.82, 2.24) is 4.98 Å². The molecule has 1 atom stereocenters. The molecule has 2 heterocycles. The van der Waals surface area contributed by atoms with E-state index in [1.165, 1.54) is 0 Å². The molecule has 114 valence electrons. The zero-order valence-corrected chi connectivity index (χ0v) is 13.3. The van der Waals surface area contributed by atoms with E-state index < -0.39 is 5.97 Å². The summed E-state index contributed by atoms with van der Waals surface area (Å²) in [4.78, 5) is 18.1. The van der Waals surface area contributed by atoms with Gasteiger partial charge in [0.15, 0.2) is 0 Å². The highest BCUT2D eigenvalue weighted by Gasteiger charge is 2.16. The van der Waals surface area contributed by atoms with E-state index >= 15 is 0 Å². The molecule has 1 aromatic carbocycles. The highest BCUT2D eigenvalue weighted by atomic mass is 32.1. The average molecular weight is 322 g/mol. The molecule has 3 aromatic rings. The molecule has 0 saturated heterocycles. The van der Waals surface area contributed by atoms with Crippen LogP contribution < -0.4 is 0 Å². The number of fused-ring (bicyclic) bond motifs is 1. The van der Waals surface area contributed by atoms with E-state index in [0.717, 1.165) is 21.5 Å². The maximum Gasteiger partial charge on any atom is 0.338 e. The first-order chi connectivity index (χ1) is 11.2. The highest BCUT2D eigenvalue weighted by Crippen LogP contribution is 2.28. The second-order valence-electron chi connectivity index (χ2n) is 5.18. The van der Waals surface area contributed by atoms with Crippen LogP contribution in [0.25, 0.3) is 21.5 Å². The molecule has 2 aromatic heterocycles. The van der Waals surface area contributed by atoms with Crippen LogP contribution in [-0.4, -0.2) is 17.6 Å². The fourth-order valence-electron chi connectivity index (χ4n) is 2.21. The van der Waals surface area contributed by atoms with Gasteiger partial charge in [-0.05, 0) is 30.5 Å². The predicted octanol–water partition coefficient (Wildman–Crippen LogP) is 4.28. The van der Waals surface area contributed by atoms with Crippen LogP contribution in [0.15, 0.2) is 47.8 Å². The van der Waals surface area contributed by atoms with E-state index in [1.807, 2.05) is 41.8 Å². The van der Waals surface area contributed by atoms with E-state index in [9.17, 15) is 4.79 Å². The monoisotopic (exact) mass is 322 g/mol. The van der Waals surface area contributed by atoms with E-state index in [0.29, 0.717) is 5.56 Å². The van der Waals surface area contributed by atoms with Crippen LogP contribution in [0.4, 0.5) is 0 Å². The molecule has 0 amide bonds. The molecule has 0 aliphatic heterocycles. The van der Waals surface area contributed by atoms with Crippen LogP contribution in [-0.2, 0) is 4.74 Å². The Morgan fingerprint density at radius 1 is 1.35 bits per heavy atom. The molecule has 3 rings (SSSR count). The second-order valence-corrected chi connectivity index (χ2v) is 6.13. The third kappa shape index (κ3) is 3.22. The number of thiophene rings is 1. The first kappa shape index (κ1) is 15.2. The predicted molar refractivity (Wildman–Crippen MR) is 90.1 cm³/mol. The lowest BCUT2D eigenvalue weighted by molar-refractivity contribution is 0.0478. The number of benzene rings is 1. The van der Waals surface area contributed by atoms with Gasteiger partial charge < -0.3 is 4.74 Å². The van der Waals surface area contributed by atoms with Gasteiger partial charge in [0.2, 0.25) is 0 Å². The minimum Gasteiger partial charge on any atom is -0.461 e. The van der Waals surface area contributed by atoms with E-state index in [4.69, 9.17) is 10.00 Å². The Hall–Kier alpha value is -2.71. The van der Waals surface area contributed by atoms with Crippen LogP contribution in [0.5, 0.6) is 0 Å². The Kier molecular flexibility index (Phi) is 4.35. The van der Waals surface area contributed by atoms with Crippen molar-refractivity contribution in [3.63, 3.8) is 0 Å². The molecule has 0 radical (unpaired) electrons. The normalized spacial score (nSPS) is 11.8. The van der Waals surface area contributed by atoms with Gasteiger partial charge in [-0.3, -0.25) is 0 Å². The van der Waals surface area contributed by atoms with Crippen molar-refractivity contribution < 1.29 is 9.53 Å². The number of para-hydroxylation sites is 1. The quantitative estimate of drug-likeness (QED) is 0.673. The molecule has 0 saturated carbocycles. The molecular weight excluding hydrogens is 308 g/mol. The van der Waals surface area contributed by atoms with Gasteiger partial charge >= 0.3 is 5.97 Å². The van der Waals surface area contributed by atoms with Crippen molar-refractivity contribution in [3.8, 4) is 16.6 Å². The Balaban J connectivity index is 2.04. The standard InChI is InChI=1S/C18H14N2O2S/c1-12(10-19)11-22-18(21)14-9-16(17-7-4-8-23-17)20-15-6-3-2-5-13(14)15/h2-9,12H,11H2,1H3. The van der Waals surface area contributed by atoms with Gasteiger partial charge in [0.1, 0.15) is 6.61 Å². The molecule has 0 aliphatic carbocycles. The SMILES string of the molecule is CC(C#N)COC(=O)c1cc(-c2cccs2)nc2ccccc12. The van der Waals surface area contributed by atoms with Gasteiger partial charge in [0.05, 0.1) is 33.6 Å². The van der Waals surface area contributed by atoms with Crippen molar-refractivity contribution in [2.45, 2.75) is 6.92 Å². The third-order valence-corrected chi connectivity index (χ3v) is 4.29. The number of aromatic nitrogens is 1. The number of carbonyl (C=O) groups excluding carboxylic acids is 1. The van der Waals surface area contributed by atoms with Crippen molar-refractivity contribution in [1.29, 1.82) is 5.26 Å². The summed E-state index contributed by atoms with van der Waals surface area (Å²) in [6.45, 7) is 1.80. The lowest BCUT2D eigenvalue weighted by atomic mass is 10.1. The number of hydrogen-bond donors (Lipinski definition) is 0. The maximum absolute atomic E-state index is 12.4. The summed E-state index contributed by atoms with van der Waals surface area (Å²) in [5.74, 6) is -0.757. The minimum absolute atomic E-state index is 0.0836. The molecule has 5 heteroatoms. The average Bonchev–Trinajstić information content (AvgIpc) is 3.13. The number of esters is 1. The number of nitrogens with zero attached hydrogens (tertiary/aromatic N) is 2. The van der Waals surface area contributed by atoms with Crippen molar-refractivity contribution in [3.05, 3.63) is 53.4 Å². The van der Waals surface area contributed by atoms with Crippen LogP contribution >= 0.6 is 11.3 Å². The van der Waals surface area contributed by atoms with Crippen molar-refractivity contribution >= 4 is 28.2 Å². The lowest BCUT2D eigenvalue weighted by Gasteiger charge is -2.10. The molecule has 0 spiro atoms. The van der Waals surface area contributed by atoms with Crippen LogP contribution in [0.3, 0.4) is 0 Å². The Bertz CT molecular complexity index is 882. The zero-order valence-electron chi connectivity index (χ0n) is 12.5. The van der Waals surface area contributed by atoms with Gasteiger partial charge in [0, 0.05) is 5.39 Å². The summed E-state index contributed by atoms with van der Waals surface area (Å²) in [5.41, 5.74) is 1.97.